The van der Waals surface area contributed by atoms with Gasteiger partial charge in [-0.3, -0.25) is 4.79 Å². The van der Waals surface area contributed by atoms with E-state index in [1.54, 1.807) is 24.3 Å². The van der Waals surface area contributed by atoms with Gasteiger partial charge in [-0.1, -0.05) is 35.4 Å². The molecular formula is C18H20ClNO3S. The van der Waals surface area contributed by atoms with Gasteiger partial charge in [0, 0.05) is 10.7 Å². The largest absolute Gasteiger partial charge is 0.325 e. The minimum atomic E-state index is -3.62. The zero-order valence-corrected chi connectivity index (χ0v) is 15.4. The summed E-state index contributed by atoms with van der Waals surface area (Å²) >= 11 is 5.79. The van der Waals surface area contributed by atoms with Gasteiger partial charge >= 0.3 is 0 Å². The number of sulfone groups is 1. The van der Waals surface area contributed by atoms with E-state index in [2.05, 4.69) is 5.32 Å². The van der Waals surface area contributed by atoms with Crippen LogP contribution in [0, 0.1) is 13.8 Å². The zero-order valence-electron chi connectivity index (χ0n) is 13.8. The number of carbonyl (C=O) groups is 1. The Bertz CT molecular complexity index is 845. The molecule has 0 aliphatic heterocycles. The van der Waals surface area contributed by atoms with Gasteiger partial charge in [-0.2, -0.15) is 0 Å². The predicted molar refractivity (Wildman–Crippen MR) is 98.1 cm³/mol. The van der Waals surface area contributed by atoms with Crippen molar-refractivity contribution >= 4 is 33.0 Å². The molecule has 128 valence electrons. The van der Waals surface area contributed by atoms with Crippen molar-refractivity contribution in [1.29, 1.82) is 0 Å². The second-order valence-electron chi connectivity index (χ2n) is 5.88. The molecule has 0 fully saturated rings. The number of amides is 1. The molecule has 2 rings (SSSR count). The molecule has 0 radical (unpaired) electrons. The summed E-state index contributed by atoms with van der Waals surface area (Å²) in [5, 5.41) is 2.01. The molecule has 0 saturated heterocycles. The van der Waals surface area contributed by atoms with Gasteiger partial charge in [0.1, 0.15) is 5.25 Å². The van der Waals surface area contributed by atoms with Crippen LogP contribution in [0.25, 0.3) is 0 Å². The fraction of sp³-hybridized carbons (Fsp3) is 0.278. The maximum atomic E-state index is 12.6. The molecule has 1 N–H and O–H groups in total. The van der Waals surface area contributed by atoms with Crippen LogP contribution >= 0.6 is 11.6 Å². The normalized spacial score (nSPS) is 12.7. The highest BCUT2D eigenvalue weighted by molar-refractivity contribution is 7.92. The quantitative estimate of drug-likeness (QED) is 0.874. The van der Waals surface area contributed by atoms with Gasteiger partial charge in [-0.15, -0.1) is 0 Å². The molecular weight excluding hydrogens is 346 g/mol. The summed E-state index contributed by atoms with van der Waals surface area (Å²) in [5.41, 5.74) is 3.12. The highest BCUT2D eigenvalue weighted by Crippen LogP contribution is 2.19. The van der Waals surface area contributed by atoms with E-state index in [1.165, 1.54) is 6.92 Å². The maximum absolute atomic E-state index is 12.6. The smallest absolute Gasteiger partial charge is 0.242 e. The number of nitrogens with one attached hydrogen (secondary N) is 1. The summed E-state index contributed by atoms with van der Waals surface area (Å²) in [6.07, 6.45) is 0. The van der Waals surface area contributed by atoms with Crippen LogP contribution in [0.3, 0.4) is 0 Å². The van der Waals surface area contributed by atoms with Crippen molar-refractivity contribution in [2.75, 3.05) is 5.32 Å². The van der Waals surface area contributed by atoms with Crippen molar-refractivity contribution in [1.82, 2.24) is 0 Å². The highest BCUT2D eigenvalue weighted by atomic mass is 35.5. The first-order valence-corrected chi connectivity index (χ1v) is 9.62. The van der Waals surface area contributed by atoms with E-state index in [-0.39, 0.29) is 5.75 Å². The molecule has 0 spiro atoms. The molecule has 0 heterocycles. The fourth-order valence-corrected chi connectivity index (χ4v) is 3.74. The van der Waals surface area contributed by atoms with Crippen molar-refractivity contribution in [3.05, 3.63) is 64.2 Å². The van der Waals surface area contributed by atoms with Crippen LogP contribution in [-0.4, -0.2) is 19.6 Å². The van der Waals surface area contributed by atoms with E-state index < -0.39 is 21.0 Å². The number of rotatable bonds is 5. The van der Waals surface area contributed by atoms with E-state index in [0.29, 0.717) is 10.7 Å². The van der Waals surface area contributed by atoms with Crippen LogP contribution in [0.1, 0.15) is 23.6 Å². The van der Waals surface area contributed by atoms with E-state index in [4.69, 9.17) is 11.6 Å². The van der Waals surface area contributed by atoms with Gasteiger partial charge in [-0.05, 0) is 56.2 Å². The van der Waals surface area contributed by atoms with E-state index >= 15 is 0 Å². The summed E-state index contributed by atoms with van der Waals surface area (Å²) in [6, 6.07) is 12.2. The number of hydrogen-bond acceptors (Lipinski definition) is 3. The zero-order chi connectivity index (χ0) is 17.9. The predicted octanol–water partition coefficient (Wildman–Crippen LogP) is 3.90. The lowest BCUT2D eigenvalue weighted by molar-refractivity contribution is -0.115. The lowest BCUT2D eigenvalue weighted by atomic mass is 10.1. The minimum absolute atomic E-state index is 0.157. The number of hydrogen-bond donors (Lipinski definition) is 1. The van der Waals surface area contributed by atoms with Gasteiger partial charge in [0.25, 0.3) is 0 Å². The van der Waals surface area contributed by atoms with Gasteiger partial charge < -0.3 is 5.32 Å². The number of aryl methyl sites for hydroxylation is 2. The van der Waals surface area contributed by atoms with Gasteiger partial charge in [-0.25, -0.2) is 8.42 Å². The van der Waals surface area contributed by atoms with Crippen LogP contribution < -0.4 is 5.32 Å². The molecule has 1 unspecified atom stereocenters. The van der Waals surface area contributed by atoms with Crippen molar-refractivity contribution < 1.29 is 13.2 Å². The Kier molecular flexibility index (Phi) is 5.67. The SMILES string of the molecule is Cc1ccc(C)c(CS(=O)(=O)C(C)C(=O)Nc2ccc(Cl)cc2)c1. The molecule has 4 nitrogen and oxygen atoms in total. The van der Waals surface area contributed by atoms with Crippen molar-refractivity contribution in [3.63, 3.8) is 0 Å². The molecule has 24 heavy (non-hydrogen) atoms. The number of carbonyl (C=O) groups excluding carboxylic acids is 1. The Balaban J connectivity index is 2.14. The Morgan fingerprint density at radius 1 is 1.12 bits per heavy atom. The molecule has 1 atom stereocenters. The second-order valence-corrected chi connectivity index (χ2v) is 8.63. The molecule has 0 aliphatic carbocycles. The Hall–Kier alpha value is -1.85. The van der Waals surface area contributed by atoms with E-state index in [9.17, 15) is 13.2 Å². The summed E-state index contributed by atoms with van der Waals surface area (Å²) in [4.78, 5) is 12.3. The minimum Gasteiger partial charge on any atom is -0.325 e. The maximum Gasteiger partial charge on any atom is 0.242 e. The summed E-state index contributed by atoms with van der Waals surface area (Å²) < 4.78 is 25.1. The van der Waals surface area contributed by atoms with Gasteiger partial charge in [0.2, 0.25) is 5.91 Å². The van der Waals surface area contributed by atoms with Crippen LogP contribution in [-0.2, 0) is 20.4 Å². The lowest BCUT2D eigenvalue weighted by Crippen LogP contribution is -2.33. The Labute approximate surface area is 147 Å². The topological polar surface area (TPSA) is 63.2 Å². The van der Waals surface area contributed by atoms with Gasteiger partial charge in [0.05, 0.1) is 5.75 Å². The van der Waals surface area contributed by atoms with Crippen LogP contribution in [0.15, 0.2) is 42.5 Å². The third kappa shape index (κ3) is 4.58. The molecule has 0 aliphatic rings. The summed E-state index contributed by atoms with van der Waals surface area (Å²) in [7, 11) is -3.62. The first-order chi connectivity index (χ1) is 11.2. The fourth-order valence-electron chi connectivity index (χ4n) is 2.24. The molecule has 0 bridgehead atoms. The van der Waals surface area contributed by atoms with Crippen molar-refractivity contribution in [2.24, 2.45) is 0 Å². The molecule has 0 aromatic heterocycles. The molecule has 2 aromatic rings. The summed E-state index contributed by atoms with van der Waals surface area (Å²) in [5.74, 6) is -0.710. The molecule has 6 heteroatoms. The monoisotopic (exact) mass is 365 g/mol. The number of halogens is 1. The standard InChI is InChI=1S/C18H20ClNO3S/c1-12-4-5-13(2)15(10-12)11-24(22,23)14(3)18(21)20-17-8-6-16(19)7-9-17/h4-10,14H,11H2,1-3H3,(H,20,21). The third-order valence-electron chi connectivity index (χ3n) is 3.88. The highest BCUT2D eigenvalue weighted by Gasteiger charge is 2.28. The second kappa shape index (κ2) is 7.36. The average molecular weight is 366 g/mol. The number of anilines is 1. The van der Waals surface area contributed by atoms with E-state index in [0.717, 1.165) is 16.7 Å². The first kappa shape index (κ1) is 18.5. The van der Waals surface area contributed by atoms with Crippen LogP contribution in [0.4, 0.5) is 5.69 Å². The first-order valence-electron chi connectivity index (χ1n) is 7.53. The number of benzene rings is 2. The van der Waals surface area contributed by atoms with E-state index in [1.807, 2.05) is 32.0 Å². The molecule has 0 saturated carbocycles. The summed E-state index contributed by atoms with van der Waals surface area (Å²) in [6.45, 7) is 5.18. The lowest BCUT2D eigenvalue weighted by Gasteiger charge is -2.15. The molecule has 1 amide bonds. The Morgan fingerprint density at radius 2 is 1.75 bits per heavy atom. The van der Waals surface area contributed by atoms with Crippen LogP contribution in [0.5, 0.6) is 0 Å². The van der Waals surface area contributed by atoms with Crippen molar-refractivity contribution in [2.45, 2.75) is 31.8 Å². The third-order valence-corrected chi connectivity index (χ3v) is 6.14. The molecule has 2 aromatic carbocycles. The Morgan fingerprint density at radius 3 is 2.38 bits per heavy atom. The van der Waals surface area contributed by atoms with Gasteiger partial charge in [0.15, 0.2) is 9.84 Å². The van der Waals surface area contributed by atoms with Crippen LogP contribution in [0.2, 0.25) is 5.02 Å². The van der Waals surface area contributed by atoms with Crippen molar-refractivity contribution in [3.8, 4) is 0 Å². The average Bonchev–Trinajstić information content (AvgIpc) is 2.52.